The molecule has 0 heterocycles. The molecule has 0 aromatic heterocycles. The molecule has 0 saturated carbocycles. The van der Waals surface area contributed by atoms with Gasteiger partial charge in [0.2, 0.25) is 5.91 Å². The fourth-order valence-electron chi connectivity index (χ4n) is 1.58. The van der Waals surface area contributed by atoms with Gasteiger partial charge in [-0.1, -0.05) is 31.2 Å². The average molecular weight is 234 g/mol. The molecule has 0 aliphatic heterocycles. The third-order valence-electron chi connectivity index (χ3n) is 2.79. The van der Waals surface area contributed by atoms with Crippen LogP contribution in [0.25, 0.3) is 0 Å². The molecule has 1 atom stereocenters. The highest BCUT2D eigenvalue weighted by Crippen LogP contribution is 2.04. The summed E-state index contributed by atoms with van der Waals surface area (Å²) in [5, 5.41) is 6.01. The second-order valence-corrected chi connectivity index (χ2v) is 4.17. The van der Waals surface area contributed by atoms with Crippen LogP contribution in [0.5, 0.6) is 0 Å². The van der Waals surface area contributed by atoms with Gasteiger partial charge in [0.25, 0.3) is 0 Å². The number of nitrogens with one attached hydrogen (secondary N) is 2. The van der Waals surface area contributed by atoms with Gasteiger partial charge in [-0.05, 0) is 31.4 Å². The molecule has 1 amide bonds. The number of amides is 1. The predicted molar refractivity (Wildman–Crippen MR) is 70.8 cm³/mol. The van der Waals surface area contributed by atoms with Gasteiger partial charge in [0.1, 0.15) is 0 Å². The predicted octanol–water partition coefficient (Wildman–Crippen LogP) is 1.86. The van der Waals surface area contributed by atoms with Gasteiger partial charge in [-0.3, -0.25) is 4.79 Å². The van der Waals surface area contributed by atoms with Crippen LogP contribution >= 0.6 is 0 Å². The zero-order valence-electron chi connectivity index (χ0n) is 10.9. The largest absolute Gasteiger partial charge is 0.355 e. The maximum atomic E-state index is 11.5. The van der Waals surface area contributed by atoms with Crippen molar-refractivity contribution >= 4 is 5.91 Å². The zero-order valence-corrected chi connectivity index (χ0v) is 10.9. The summed E-state index contributed by atoms with van der Waals surface area (Å²) in [5.74, 6) is 0.0534. The van der Waals surface area contributed by atoms with Gasteiger partial charge in [0, 0.05) is 13.1 Å². The summed E-state index contributed by atoms with van der Waals surface area (Å²) in [5.41, 5.74) is 2.55. The van der Waals surface area contributed by atoms with Crippen molar-refractivity contribution in [2.45, 2.75) is 39.8 Å². The van der Waals surface area contributed by atoms with Gasteiger partial charge in [-0.25, -0.2) is 0 Å². The van der Waals surface area contributed by atoms with Crippen LogP contribution in [0.4, 0.5) is 0 Å². The Hall–Kier alpha value is -1.35. The van der Waals surface area contributed by atoms with E-state index >= 15 is 0 Å². The third-order valence-corrected chi connectivity index (χ3v) is 2.79. The molecule has 1 rings (SSSR count). The summed E-state index contributed by atoms with van der Waals surface area (Å²) in [6.45, 7) is 7.35. The van der Waals surface area contributed by atoms with Crippen molar-refractivity contribution < 1.29 is 4.79 Å². The van der Waals surface area contributed by atoms with Gasteiger partial charge in [-0.15, -0.1) is 0 Å². The van der Waals surface area contributed by atoms with Gasteiger partial charge in [0.05, 0.1) is 6.04 Å². The molecule has 3 nitrogen and oxygen atoms in total. The van der Waals surface area contributed by atoms with E-state index in [4.69, 9.17) is 0 Å². The molecule has 0 fully saturated rings. The van der Waals surface area contributed by atoms with Crippen molar-refractivity contribution in [2.24, 2.45) is 0 Å². The van der Waals surface area contributed by atoms with E-state index in [1.807, 2.05) is 13.8 Å². The van der Waals surface area contributed by atoms with E-state index in [1.165, 1.54) is 11.1 Å². The minimum atomic E-state index is -0.152. The number of hydrogen-bond acceptors (Lipinski definition) is 2. The Kier molecular flexibility index (Phi) is 5.70. The maximum Gasteiger partial charge on any atom is 0.236 e. The molecule has 0 bridgehead atoms. The molecule has 0 saturated heterocycles. The van der Waals surface area contributed by atoms with Crippen LogP contribution < -0.4 is 10.6 Å². The Morgan fingerprint density at radius 1 is 1.18 bits per heavy atom. The van der Waals surface area contributed by atoms with Crippen molar-refractivity contribution in [3.8, 4) is 0 Å². The number of carbonyl (C=O) groups excluding carboxylic acids is 1. The van der Waals surface area contributed by atoms with E-state index in [0.29, 0.717) is 6.54 Å². The maximum absolute atomic E-state index is 11.5. The van der Waals surface area contributed by atoms with Crippen molar-refractivity contribution in [2.75, 3.05) is 6.54 Å². The topological polar surface area (TPSA) is 41.1 Å². The fourth-order valence-corrected chi connectivity index (χ4v) is 1.58. The second-order valence-electron chi connectivity index (χ2n) is 4.17. The van der Waals surface area contributed by atoms with Gasteiger partial charge in [-0.2, -0.15) is 0 Å². The second kappa shape index (κ2) is 7.07. The van der Waals surface area contributed by atoms with Crippen LogP contribution in [0.1, 0.15) is 31.9 Å². The Morgan fingerprint density at radius 3 is 2.29 bits per heavy atom. The summed E-state index contributed by atoms with van der Waals surface area (Å²) < 4.78 is 0. The summed E-state index contributed by atoms with van der Waals surface area (Å²) in [4.78, 5) is 11.5. The quantitative estimate of drug-likeness (QED) is 0.789. The molecular weight excluding hydrogens is 212 g/mol. The molecule has 2 N–H and O–H groups in total. The molecule has 0 spiro atoms. The lowest BCUT2D eigenvalue weighted by molar-refractivity contribution is -0.122. The summed E-state index contributed by atoms with van der Waals surface area (Å²) in [6, 6.07) is 8.33. The SMILES string of the molecule is CCNC(=O)C(C)NCc1ccc(CC)cc1. The van der Waals surface area contributed by atoms with E-state index in [9.17, 15) is 4.79 Å². The number of rotatable bonds is 6. The molecule has 1 aromatic carbocycles. The average Bonchev–Trinajstić information content (AvgIpc) is 2.36. The van der Waals surface area contributed by atoms with Gasteiger partial charge in [0.15, 0.2) is 0 Å². The van der Waals surface area contributed by atoms with Crippen LogP contribution in [0.2, 0.25) is 0 Å². The number of benzene rings is 1. The first-order chi connectivity index (χ1) is 8.17. The van der Waals surface area contributed by atoms with Crippen LogP contribution in [-0.2, 0) is 17.8 Å². The molecule has 0 radical (unpaired) electrons. The van der Waals surface area contributed by atoms with Crippen molar-refractivity contribution in [1.29, 1.82) is 0 Å². The number of hydrogen-bond donors (Lipinski definition) is 2. The highest BCUT2D eigenvalue weighted by molar-refractivity contribution is 5.81. The molecule has 3 heteroatoms. The fraction of sp³-hybridized carbons (Fsp3) is 0.500. The summed E-state index contributed by atoms with van der Waals surface area (Å²) >= 11 is 0. The molecule has 0 aliphatic carbocycles. The van der Waals surface area contributed by atoms with Crippen LogP contribution in [0.3, 0.4) is 0 Å². The smallest absolute Gasteiger partial charge is 0.236 e. The molecule has 1 unspecified atom stereocenters. The van der Waals surface area contributed by atoms with E-state index in [-0.39, 0.29) is 11.9 Å². The monoisotopic (exact) mass is 234 g/mol. The van der Waals surface area contributed by atoms with E-state index in [0.717, 1.165) is 13.0 Å². The summed E-state index contributed by atoms with van der Waals surface area (Å²) in [6.07, 6.45) is 1.06. The van der Waals surface area contributed by atoms with Crippen molar-refractivity contribution in [3.63, 3.8) is 0 Å². The third kappa shape index (κ3) is 4.57. The molecular formula is C14H22N2O. The first-order valence-corrected chi connectivity index (χ1v) is 6.26. The first-order valence-electron chi connectivity index (χ1n) is 6.26. The van der Waals surface area contributed by atoms with Gasteiger partial charge < -0.3 is 10.6 Å². The van der Waals surface area contributed by atoms with Crippen LogP contribution in [0, 0.1) is 0 Å². The normalized spacial score (nSPS) is 12.2. The van der Waals surface area contributed by atoms with Crippen LogP contribution in [0.15, 0.2) is 24.3 Å². The van der Waals surface area contributed by atoms with Crippen molar-refractivity contribution in [3.05, 3.63) is 35.4 Å². The highest BCUT2D eigenvalue weighted by atomic mass is 16.2. The highest BCUT2D eigenvalue weighted by Gasteiger charge is 2.10. The van der Waals surface area contributed by atoms with E-state index in [2.05, 4.69) is 41.8 Å². The summed E-state index contributed by atoms with van der Waals surface area (Å²) in [7, 11) is 0. The molecule has 1 aromatic rings. The number of aryl methyl sites for hydroxylation is 1. The Bertz CT molecular complexity index is 346. The number of likely N-dealkylation sites (N-methyl/N-ethyl adjacent to an activating group) is 1. The van der Waals surface area contributed by atoms with Crippen molar-refractivity contribution in [1.82, 2.24) is 10.6 Å². The van der Waals surface area contributed by atoms with E-state index < -0.39 is 0 Å². The van der Waals surface area contributed by atoms with Gasteiger partial charge >= 0.3 is 0 Å². The molecule has 0 aliphatic rings. The first kappa shape index (κ1) is 13.7. The Labute approximate surface area is 104 Å². The minimum Gasteiger partial charge on any atom is -0.355 e. The minimum absolute atomic E-state index is 0.0534. The molecule has 17 heavy (non-hydrogen) atoms. The lowest BCUT2D eigenvalue weighted by Gasteiger charge is -2.13. The lowest BCUT2D eigenvalue weighted by atomic mass is 10.1. The lowest BCUT2D eigenvalue weighted by Crippen LogP contribution is -2.41. The van der Waals surface area contributed by atoms with Crippen LogP contribution in [-0.4, -0.2) is 18.5 Å². The van der Waals surface area contributed by atoms with E-state index in [1.54, 1.807) is 0 Å². The standard InChI is InChI=1S/C14H22N2O/c1-4-12-6-8-13(9-7-12)10-16-11(3)14(17)15-5-2/h6-9,11,16H,4-5,10H2,1-3H3,(H,15,17). The molecule has 94 valence electrons. The Morgan fingerprint density at radius 2 is 1.76 bits per heavy atom. The zero-order chi connectivity index (χ0) is 12.7. The Balaban J connectivity index is 2.41. The number of carbonyl (C=O) groups is 1.